The number of nitrogens with one attached hydrogen (secondary N) is 1. The standard InChI is InChI=1S/C30H34F2N8O/c1-5-38-10-8-30(9-11-38)14-26(41)39(17-30)21-6-7-25(33-15-21)36-29-34-16-23(32)27(37-29)20-12-22(31)28-24(13-20)40(18(2)3)19(4)35-28/h6-7,12-13,15-16,18H,5,8-11,14,17H2,1-4H3,(H,33,34,36,37). The Hall–Kier alpha value is -3.99. The van der Waals surface area contributed by atoms with Gasteiger partial charge in [-0.05, 0) is 82.9 Å². The van der Waals surface area contributed by atoms with E-state index in [1.165, 1.54) is 6.07 Å². The number of amides is 1. The van der Waals surface area contributed by atoms with Gasteiger partial charge in [-0.2, -0.15) is 0 Å². The van der Waals surface area contributed by atoms with Gasteiger partial charge in [0.2, 0.25) is 11.9 Å². The third-order valence-electron chi connectivity index (χ3n) is 8.44. The molecule has 0 radical (unpaired) electrons. The predicted octanol–water partition coefficient (Wildman–Crippen LogP) is 5.64. The zero-order valence-corrected chi connectivity index (χ0v) is 23.8. The van der Waals surface area contributed by atoms with Crippen molar-refractivity contribution in [3.63, 3.8) is 0 Å². The number of aryl methyl sites for hydroxylation is 1. The van der Waals surface area contributed by atoms with E-state index in [1.54, 1.807) is 18.3 Å². The zero-order valence-electron chi connectivity index (χ0n) is 23.8. The molecule has 2 aliphatic heterocycles. The monoisotopic (exact) mass is 560 g/mol. The van der Waals surface area contributed by atoms with Gasteiger partial charge in [0.05, 0.1) is 23.6 Å². The van der Waals surface area contributed by atoms with E-state index in [9.17, 15) is 9.18 Å². The summed E-state index contributed by atoms with van der Waals surface area (Å²) in [6.07, 6.45) is 5.33. The summed E-state index contributed by atoms with van der Waals surface area (Å²) in [6.45, 7) is 11.8. The van der Waals surface area contributed by atoms with Crippen molar-refractivity contribution in [2.45, 2.75) is 53.0 Å². The Balaban J connectivity index is 1.22. The van der Waals surface area contributed by atoms with Crippen LogP contribution in [0, 0.1) is 24.0 Å². The molecule has 3 aromatic heterocycles. The van der Waals surface area contributed by atoms with E-state index in [1.807, 2.05) is 36.3 Å². The third-order valence-corrected chi connectivity index (χ3v) is 8.44. The normalized spacial score (nSPS) is 17.3. The molecule has 6 rings (SSSR count). The maximum atomic E-state index is 15.0. The molecule has 2 aliphatic rings. The number of benzene rings is 1. The summed E-state index contributed by atoms with van der Waals surface area (Å²) in [5.74, 6) is 0.157. The highest BCUT2D eigenvalue weighted by Crippen LogP contribution is 2.42. The molecular weight excluding hydrogens is 526 g/mol. The van der Waals surface area contributed by atoms with Crippen LogP contribution in [0.5, 0.6) is 0 Å². The summed E-state index contributed by atoms with van der Waals surface area (Å²) in [5, 5.41) is 3.00. The number of imidazole rings is 1. The van der Waals surface area contributed by atoms with E-state index < -0.39 is 11.6 Å². The van der Waals surface area contributed by atoms with Crippen LogP contribution in [0.4, 0.5) is 26.2 Å². The van der Waals surface area contributed by atoms with Crippen molar-refractivity contribution in [3.05, 3.63) is 54.1 Å². The number of carbonyl (C=O) groups excluding carboxylic acids is 1. The molecule has 0 atom stereocenters. The van der Waals surface area contributed by atoms with Crippen LogP contribution >= 0.6 is 0 Å². The van der Waals surface area contributed by atoms with Crippen LogP contribution in [0.15, 0.2) is 36.7 Å². The van der Waals surface area contributed by atoms with E-state index in [-0.39, 0.29) is 40.1 Å². The Morgan fingerprint density at radius 1 is 1.05 bits per heavy atom. The van der Waals surface area contributed by atoms with E-state index in [0.29, 0.717) is 30.1 Å². The Kier molecular flexibility index (Phi) is 6.93. The molecule has 1 N–H and O–H groups in total. The Morgan fingerprint density at radius 2 is 1.83 bits per heavy atom. The molecule has 2 saturated heterocycles. The van der Waals surface area contributed by atoms with Crippen LogP contribution in [0.2, 0.25) is 0 Å². The number of hydrogen-bond donors (Lipinski definition) is 1. The van der Waals surface area contributed by atoms with E-state index in [4.69, 9.17) is 0 Å². The SMILES string of the molecule is CCN1CCC2(CC1)CC(=O)N(c1ccc(Nc3ncc(F)c(-c4cc(F)c5nc(C)n(C(C)C)c5c4)n3)nc1)C2. The van der Waals surface area contributed by atoms with E-state index >= 15 is 4.39 Å². The number of anilines is 3. The molecule has 41 heavy (non-hydrogen) atoms. The molecule has 1 amide bonds. The minimum Gasteiger partial charge on any atom is -0.326 e. The molecule has 11 heteroatoms. The summed E-state index contributed by atoms with van der Waals surface area (Å²) in [5.41, 5.74) is 1.85. The number of piperidine rings is 1. The lowest BCUT2D eigenvalue weighted by atomic mass is 9.77. The lowest BCUT2D eigenvalue weighted by Crippen LogP contribution is -2.41. The van der Waals surface area contributed by atoms with Crippen LogP contribution in [0.1, 0.15) is 51.9 Å². The molecule has 1 aromatic carbocycles. The highest BCUT2D eigenvalue weighted by atomic mass is 19.1. The summed E-state index contributed by atoms with van der Waals surface area (Å²) < 4.78 is 31.8. The van der Waals surface area contributed by atoms with E-state index in [0.717, 1.165) is 44.4 Å². The molecule has 0 unspecified atom stereocenters. The van der Waals surface area contributed by atoms with Crippen molar-refractivity contribution in [1.82, 2.24) is 29.4 Å². The summed E-state index contributed by atoms with van der Waals surface area (Å²) in [4.78, 5) is 34.4. The first-order chi connectivity index (χ1) is 19.7. The van der Waals surface area contributed by atoms with Gasteiger partial charge < -0.3 is 19.7 Å². The summed E-state index contributed by atoms with van der Waals surface area (Å²) >= 11 is 0. The number of fused-ring (bicyclic) bond motifs is 1. The minimum absolute atomic E-state index is 0.0313. The molecule has 0 aliphatic carbocycles. The first-order valence-corrected chi connectivity index (χ1v) is 14.1. The van der Waals surface area contributed by atoms with Gasteiger partial charge in [-0.15, -0.1) is 0 Å². The minimum atomic E-state index is -0.670. The van der Waals surface area contributed by atoms with Crippen LogP contribution in [0.25, 0.3) is 22.3 Å². The Labute approximate surface area is 237 Å². The smallest absolute Gasteiger partial charge is 0.229 e. The molecule has 214 valence electrons. The highest BCUT2D eigenvalue weighted by molar-refractivity contribution is 5.96. The summed E-state index contributed by atoms with van der Waals surface area (Å²) in [6, 6.07) is 6.58. The van der Waals surface area contributed by atoms with Gasteiger partial charge in [-0.1, -0.05) is 6.92 Å². The molecule has 5 heterocycles. The number of halogens is 2. The molecule has 2 fully saturated rings. The molecule has 9 nitrogen and oxygen atoms in total. The first kappa shape index (κ1) is 27.2. The quantitative estimate of drug-likeness (QED) is 0.326. The number of rotatable bonds is 6. The second-order valence-corrected chi connectivity index (χ2v) is 11.5. The van der Waals surface area contributed by atoms with Crippen LogP contribution in [-0.2, 0) is 4.79 Å². The van der Waals surface area contributed by atoms with Gasteiger partial charge in [0.25, 0.3) is 0 Å². The zero-order chi connectivity index (χ0) is 28.9. The van der Waals surface area contributed by atoms with Crippen LogP contribution < -0.4 is 10.2 Å². The lowest BCUT2D eigenvalue weighted by Gasteiger charge is -2.38. The third kappa shape index (κ3) is 5.03. The summed E-state index contributed by atoms with van der Waals surface area (Å²) in [7, 11) is 0. The molecule has 4 aromatic rings. The van der Waals surface area contributed by atoms with Crippen LogP contribution in [-0.4, -0.2) is 61.5 Å². The highest BCUT2D eigenvalue weighted by Gasteiger charge is 2.45. The van der Waals surface area contributed by atoms with Crippen molar-refractivity contribution < 1.29 is 13.6 Å². The second-order valence-electron chi connectivity index (χ2n) is 11.5. The van der Waals surface area contributed by atoms with Crippen molar-refractivity contribution in [3.8, 4) is 11.3 Å². The predicted molar refractivity (Wildman–Crippen MR) is 154 cm³/mol. The van der Waals surface area contributed by atoms with Crippen molar-refractivity contribution in [2.75, 3.05) is 36.4 Å². The van der Waals surface area contributed by atoms with Gasteiger partial charge in [-0.3, -0.25) is 4.79 Å². The fourth-order valence-electron chi connectivity index (χ4n) is 6.23. The molecule has 1 spiro atoms. The molecular formula is C30H34F2N8O. The fraction of sp³-hybridized carbons (Fsp3) is 0.433. The Morgan fingerprint density at radius 3 is 2.51 bits per heavy atom. The fourth-order valence-corrected chi connectivity index (χ4v) is 6.23. The van der Waals surface area contributed by atoms with Crippen molar-refractivity contribution >= 4 is 34.4 Å². The number of aromatic nitrogens is 5. The molecule has 0 bridgehead atoms. The van der Waals surface area contributed by atoms with Gasteiger partial charge >= 0.3 is 0 Å². The number of pyridine rings is 1. The molecule has 0 saturated carbocycles. The second kappa shape index (κ2) is 10.4. The first-order valence-electron chi connectivity index (χ1n) is 14.1. The van der Waals surface area contributed by atoms with Crippen molar-refractivity contribution in [2.24, 2.45) is 5.41 Å². The number of likely N-dealkylation sites (tertiary alicyclic amines) is 1. The van der Waals surface area contributed by atoms with E-state index in [2.05, 4.69) is 37.1 Å². The topological polar surface area (TPSA) is 92.1 Å². The maximum Gasteiger partial charge on any atom is 0.229 e. The van der Waals surface area contributed by atoms with Crippen molar-refractivity contribution in [1.29, 1.82) is 0 Å². The number of nitrogens with zero attached hydrogens (tertiary/aromatic N) is 7. The lowest BCUT2D eigenvalue weighted by molar-refractivity contribution is -0.118. The maximum absolute atomic E-state index is 15.0. The van der Waals surface area contributed by atoms with Gasteiger partial charge in [-0.25, -0.2) is 28.7 Å². The van der Waals surface area contributed by atoms with Gasteiger partial charge in [0, 0.05) is 24.6 Å². The Bertz CT molecular complexity index is 1610. The largest absolute Gasteiger partial charge is 0.326 e. The number of carbonyl (C=O) groups is 1. The van der Waals surface area contributed by atoms with Gasteiger partial charge in [0.1, 0.15) is 22.9 Å². The number of hydrogen-bond acceptors (Lipinski definition) is 7. The average molecular weight is 561 g/mol. The van der Waals surface area contributed by atoms with Crippen LogP contribution in [0.3, 0.4) is 0 Å². The average Bonchev–Trinajstić information content (AvgIpc) is 3.46. The van der Waals surface area contributed by atoms with Gasteiger partial charge in [0.15, 0.2) is 11.6 Å².